The predicted octanol–water partition coefficient (Wildman–Crippen LogP) is 2.80. The Hall–Kier alpha value is -2.36. The Kier molecular flexibility index (Phi) is 3.16. The Morgan fingerprint density at radius 1 is 1.14 bits per heavy atom. The summed E-state index contributed by atoms with van der Waals surface area (Å²) >= 11 is 5.80. The van der Waals surface area contributed by atoms with Crippen LogP contribution in [-0.4, -0.2) is 17.4 Å². The fraction of sp³-hybridized carbons (Fsp3) is 0. The van der Waals surface area contributed by atoms with Crippen molar-refractivity contribution < 1.29 is 8.42 Å². The maximum atomic E-state index is 12.7. The molecule has 2 heterocycles. The van der Waals surface area contributed by atoms with E-state index < -0.39 is 10.0 Å². The monoisotopic (exact) mass is 317 g/mol. The van der Waals surface area contributed by atoms with Crippen LogP contribution < -0.4 is 0 Å². The average Bonchev–Trinajstić information content (AvgIpc) is 2.86. The van der Waals surface area contributed by atoms with Crippen molar-refractivity contribution in [3.63, 3.8) is 0 Å². The number of hydrogen-bond acceptors (Lipinski definition) is 4. The molecule has 0 N–H and O–H groups in total. The van der Waals surface area contributed by atoms with Crippen molar-refractivity contribution in [1.82, 2.24) is 8.96 Å². The minimum absolute atomic E-state index is 0.0105. The highest BCUT2D eigenvalue weighted by atomic mass is 35.5. The number of hydrogen-bond donors (Lipinski definition) is 0. The molecule has 0 aliphatic rings. The second-order valence-corrected chi connectivity index (χ2v) is 6.44. The summed E-state index contributed by atoms with van der Waals surface area (Å²) in [5.74, 6) is 0. The van der Waals surface area contributed by atoms with Crippen molar-refractivity contribution in [3.8, 4) is 6.07 Å². The maximum absolute atomic E-state index is 12.7. The summed E-state index contributed by atoms with van der Waals surface area (Å²) in [5, 5.41) is 9.44. The molecule has 3 aromatic rings. The molecular formula is C14H8ClN3O2S. The molecule has 21 heavy (non-hydrogen) atoms. The van der Waals surface area contributed by atoms with Gasteiger partial charge in [-0.15, -0.1) is 0 Å². The zero-order chi connectivity index (χ0) is 15.0. The van der Waals surface area contributed by atoms with E-state index in [9.17, 15) is 13.7 Å². The van der Waals surface area contributed by atoms with Crippen LogP contribution in [0.1, 0.15) is 5.69 Å². The fourth-order valence-electron chi connectivity index (χ4n) is 2.07. The lowest BCUT2D eigenvalue weighted by molar-refractivity contribution is 0.588. The van der Waals surface area contributed by atoms with Crippen LogP contribution in [0.4, 0.5) is 0 Å². The highest BCUT2D eigenvalue weighted by Gasteiger charge is 2.23. The van der Waals surface area contributed by atoms with Gasteiger partial charge in [-0.1, -0.05) is 29.8 Å². The van der Waals surface area contributed by atoms with Gasteiger partial charge in [-0.2, -0.15) is 5.26 Å². The van der Waals surface area contributed by atoms with Gasteiger partial charge >= 0.3 is 0 Å². The number of pyridine rings is 1. The highest BCUT2D eigenvalue weighted by molar-refractivity contribution is 7.90. The summed E-state index contributed by atoms with van der Waals surface area (Å²) < 4.78 is 26.4. The van der Waals surface area contributed by atoms with Gasteiger partial charge in [0.1, 0.15) is 16.9 Å². The molecule has 0 radical (unpaired) electrons. The predicted molar refractivity (Wildman–Crippen MR) is 78.5 cm³/mol. The summed E-state index contributed by atoms with van der Waals surface area (Å²) in [6.07, 6.45) is 0. The molecule has 104 valence electrons. The summed E-state index contributed by atoms with van der Waals surface area (Å²) in [7, 11) is -3.87. The minimum atomic E-state index is -3.87. The lowest BCUT2D eigenvalue weighted by Crippen LogP contribution is -2.14. The van der Waals surface area contributed by atoms with Gasteiger partial charge in [-0.25, -0.2) is 17.4 Å². The van der Waals surface area contributed by atoms with Gasteiger partial charge in [0.2, 0.25) is 0 Å². The zero-order valence-electron chi connectivity index (χ0n) is 10.6. The van der Waals surface area contributed by atoms with Gasteiger partial charge in [0.25, 0.3) is 10.0 Å². The van der Waals surface area contributed by atoms with E-state index in [1.807, 2.05) is 6.07 Å². The van der Waals surface area contributed by atoms with E-state index in [1.54, 1.807) is 18.2 Å². The number of nitrogens with zero attached hydrogens (tertiary/aromatic N) is 3. The van der Waals surface area contributed by atoms with Gasteiger partial charge in [-0.3, -0.25) is 0 Å². The van der Waals surface area contributed by atoms with Crippen LogP contribution in [0.5, 0.6) is 0 Å². The first-order valence-electron chi connectivity index (χ1n) is 5.93. The van der Waals surface area contributed by atoms with Crippen molar-refractivity contribution in [2.24, 2.45) is 0 Å². The Labute approximate surface area is 126 Å². The standard InChI is InChI=1S/C14H8ClN3O2S/c15-14-7-6-13-12(17-14)8-10(9-16)18(13)21(19,20)11-4-2-1-3-5-11/h1-8H. The molecule has 0 atom stereocenters. The molecule has 0 bridgehead atoms. The van der Waals surface area contributed by atoms with Gasteiger partial charge in [0, 0.05) is 6.07 Å². The first kappa shape index (κ1) is 13.6. The van der Waals surface area contributed by atoms with Crippen molar-refractivity contribution in [2.45, 2.75) is 4.90 Å². The molecule has 0 amide bonds. The molecule has 0 unspecified atom stereocenters. The SMILES string of the molecule is N#Cc1cc2nc(Cl)ccc2n1S(=O)(=O)c1ccccc1. The number of fused-ring (bicyclic) bond motifs is 1. The zero-order valence-corrected chi connectivity index (χ0v) is 12.1. The largest absolute Gasteiger partial charge is 0.269 e. The smallest absolute Gasteiger partial charge is 0.234 e. The summed E-state index contributed by atoms with van der Waals surface area (Å²) in [6.45, 7) is 0. The Bertz CT molecular complexity index is 973. The normalized spacial score (nSPS) is 11.4. The van der Waals surface area contributed by atoms with E-state index in [2.05, 4.69) is 4.98 Å². The first-order chi connectivity index (χ1) is 10.0. The molecule has 0 saturated carbocycles. The molecular weight excluding hydrogens is 310 g/mol. The van der Waals surface area contributed by atoms with Crippen molar-refractivity contribution in [2.75, 3.05) is 0 Å². The molecule has 0 fully saturated rings. The lowest BCUT2D eigenvalue weighted by atomic mass is 10.4. The Balaban J connectivity index is 2.37. The average molecular weight is 318 g/mol. The van der Waals surface area contributed by atoms with Crippen LogP contribution in [0.3, 0.4) is 0 Å². The number of nitriles is 1. The van der Waals surface area contributed by atoms with E-state index in [0.29, 0.717) is 11.0 Å². The molecule has 7 heteroatoms. The van der Waals surface area contributed by atoms with Crippen LogP contribution in [0.25, 0.3) is 11.0 Å². The van der Waals surface area contributed by atoms with Crippen molar-refractivity contribution in [3.05, 3.63) is 59.4 Å². The minimum Gasteiger partial charge on any atom is -0.234 e. The van der Waals surface area contributed by atoms with Crippen LogP contribution in [-0.2, 0) is 10.0 Å². The Morgan fingerprint density at radius 3 is 2.52 bits per heavy atom. The van der Waals surface area contributed by atoms with Crippen LogP contribution >= 0.6 is 11.6 Å². The third-order valence-electron chi connectivity index (χ3n) is 2.98. The molecule has 0 saturated heterocycles. The molecule has 0 spiro atoms. The van der Waals surface area contributed by atoms with E-state index in [1.165, 1.54) is 30.3 Å². The van der Waals surface area contributed by atoms with E-state index >= 15 is 0 Å². The first-order valence-corrected chi connectivity index (χ1v) is 7.74. The van der Waals surface area contributed by atoms with Crippen molar-refractivity contribution >= 4 is 32.7 Å². The van der Waals surface area contributed by atoms with E-state index in [0.717, 1.165) is 3.97 Å². The second-order valence-electron chi connectivity index (χ2n) is 4.26. The molecule has 1 aromatic carbocycles. The molecule has 2 aromatic heterocycles. The maximum Gasteiger partial charge on any atom is 0.269 e. The van der Waals surface area contributed by atoms with E-state index in [4.69, 9.17) is 11.6 Å². The summed E-state index contributed by atoms with van der Waals surface area (Å²) in [4.78, 5) is 4.15. The number of aromatic nitrogens is 2. The lowest BCUT2D eigenvalue weighted by Gasteiger charge is -2.08. The van der Waals surface area contributed by atoms with E-state index in [-0.39, 0.29) is 15.7 Å². The molecule has 3 rings (SSSR count). The summed E-state index contributed by atoms with van der Waals surface area (Å²) in [5.41, 5.74) is 0.668. The van der Waals surface area contributed by atoms with Crippen LogP contribution in [0, 0.1) is 11.3 Å². The number of benzene rings is 1. The van der Waals surface area contributed by atoms with Gasteiger partial charge in [0.15, 0.2) is 0 Å². The summed E-state index contributed by atoms with van der Waals surface area (Å²) in [6, 6.07) is 14.2. The van der Waals surface area contributed by atoms with Crippen LogP contribution in [0.15, 0.2) is 53.4 Å². The Morgan fingerprint density at radius 2 is 1.86 bits per heavy atom. The fourth-order valence-corrected chi connectivity index (χ4v) is 3.70. The van der Waals surface area contributed by atoms with Crippen molar-refractivity contribution in [1.29, 1.82) is 5.26 Å². The van der Waals surface area contributed by atoms with Gasteiger partial charge < -0.3 is 0 Å². The van der Waals surface area contributed by atoms with Gasteiger partial charge in [-0.05, 0) is 24.3 Å². The van der Waals surface area contributed by atoms with Crippen LogP contribution in [0.2, 0.25) is 5.15 Å². The van der Waals surface area contributed by atoms with Gasteiger partial charge in [0.05, 0.1) is 15.9 Å². The second kappa shape index (κ2) is 4.88. The molecule has 0 aliphatic heterocycles. The molecule has 0 aliphatic carbocycles. The quantitative estimate of drug-likeness (QED) is 0.681. The third kappa shape index (κ3) is 2.17. The number of halogens is 1. The topological polar surface area (TPSA) is 75.8 Å². The third-order valence-corrected chi connectivity index (χ3v) is 4.93. The highest BCUT2D eigenvalue weighted by Crippen LogP contribution is 2.25. The number of rotatable bonds is 2. The molecule has 5 nitrogen and oxygen atoms in total.